The van der Waals surface area contributed by atoms with Crippen molar-refractivity contribution in [3.63, 3.8) is 0 Å². The molecule has 0 amide bonds. The van der Waals surface area contributed by atoms with Crippen LogP contribution in [0, 0.1) is 0 Å². The van der Waals surface area contributed by atoms with E-state index in [1.807, 2.05) is 12.1 Å². The average molecular weight is 164 g/mol. The monoisotopic (exact) mass is 164 g/mol. The molecule has 0 bridgehead atoms. The first-order valence-electron chi connectivity index (χ1n) is 3.61. The summed E-state index contributed by atoms with van der Waals surface area (Å²) >= 11 is 0. The molecule has 0 aliphatic rings. The highest BCUT2D eigenvalue weighted by Crippen LogP contribution is 2.24. The van der Waals surface area contributed by atoms with Crippen molar-refractivity contribution in [3.8, 4) is 0 Å². The topological polar surface area (TPSA) is 53.6 Å². The van der Waals surface area contributed by atoms with E-state index in [2.05, 4.69) is 0 Å². The van der Waals surface area contributed by atoms with Crippen LogP contribution in [0.1, 0.15) is 11.9 Å². The van der Waals surface area contributed by atoms with E-state index < -0.39 is 6.29 Å². The molecule has 0 unspecified atom stereocenters. The summed E-state index contributed by atoms with van der Waals surface area (Å²) < 4.78 is 5.09. The van der Waals surface area contributed by atoms with Gasteiger partial charge in [0.05, 0.1) is 5.56 Å². The van der Waals surface area contributed by atoms with Gasteiger partial charge in [-0.2, -0.15) is 0 Å². The van der Waals surface area contributed by atoms with Crippen molar-refractivity contribution in [2.24, 2.45) is 0 Å². The number of para-hydroxylation sites is 1. The predicted octanol–water partition coefficient (Wildman–Crippen LogP) is 1.42. The molecule has 0 aliphatic heterocycles. The Kier molecular flexibility index (Phi) is 1.60. The van der Waals surface area contributed by atoms with Crippen LogP contribution in [0.2, 0.25) is 0 Å². The molecule has 3 nitrogen and oxygen atoms in total. The highest BCUT2D eigenvalue weighted by atomic mass is 16.5. The number of aliphatic hydroxyl groups is 2. The minimum atomic E-state index is -1.46. The minimum Gasteiger partial charge on any atom is -0.464 e. The molecule has 2 aromatic rings. The van der Waals surface area contributed by atoms with Gasteiger partial charge in [-0.15, -0.1) is 0 Å². The van der Waals surface area contributed by atoms with Gasteiger partial charge in [-0.05, 0) is 6.07 Å². The van der Waals surface area contributed by atoms with Crippen LogP contribution in [-0.4, -0.2) is 10.2 Å². The molecule has 0 saturated carbocycles. The molecule has 0 radical (unpaired) electrons. The molecule has 2 N–H and O–H groups in total. The smallest absolute Gasteiger partial charge is 0.182 e. The van der Waals surface area contributed by atoms with Gasteiger partial charge in [0.1, 0.15) is 11.8 Å². The Morgan fingerprint density at radius 1 is 1.17 bits per heavy atom. The van der Waals surface area contributed by atoms with Crippen molar-refractivity contribution in [2.45, 2.75) is 6.29 Å². The summed E-state index contributed by atoms with van der Waals surface area (Å²) in [6.07, 6.45) is -0.108. The van der Waals surface area contributed by atoms with Crippen molar-refractivity contribution in [1.82, 2.24) is 0 Å². The van der Waals surface area contributed by atoms with Crippen molar-refractivity contribution in [3.05, 3.63) is 36.1 Å². The van der Waals surface area contributed by atoms with Crippen molar-refractivity contribution in [2.75, 3.05) is 0 Å². The number of benzene rings is 1. The lowest BCUT2D eigenvalue weighted by Gasteiger charge is -1.97. The standard InChI is InChI=1S/C9H8O3/c10-9(11)7-5-12-8-4-2-1-3-6(7)8/h1-5,9-11H. The SMILES string of the molecule is OC(O)c1coc2ccccc12. The summed E-state index contributed by atoms with van der Waals surface area (Å²) in [5.41, 5.74) is 1.08. The Labute approximate surface area is 68.9 Å². The van der Waals surface area contributed by atoms with Crippen LogP contribution in [0.5, 0.6) is 0 Å². The molecule has 0 spiro atoms. The van der Waals surface area contributed by atoms with Gasteiger partial charge in [0.15, 0.2) is 6.29 Å². The van der Waals surface area contributed by atoms with Crippen LogP contribution in [-0.2, 0) is 0 Å². The molecule has 12 heavy (non-hydrogen) atoms. The zero-order chi connectivity index (χ0) is 8.55. The largest absolute Gasteiger partial charge is 0.464 e. The third-order valence-corrected chi connectivity index (χ3v) is 1.79. The van der Waals surface area contributed by atoms with E-state index in [1.54, 1.807) is 12.1 Å². The second kappa shape index (κ2) is 2.62. The molecule has 1 aromatic heterocycles. The maximum absolute atomic E-state index is 8.91. The molecule has 0 atom stereocenters. The van der Waals surface area contributed by atoms with E-state index in [4.69, 9.17) is 14.6 Å². The lowest BCUT2D eigenvalue weighted by Crippen LogP contribution is -1.91. The third kappa shape index (κ3) is 0.995. The van der Waals surface area contributed by atoms with Gasteiger partial charge in [-0.1, -0.05) is 18.2 Å². The molecular weight excluding hydrogens is 156 g/mol. The first-order chi connectivity index (χ1) is 5.79. The summed E-state index contributed by atoms with van der Waals surface area (Å²) in [7, 11) is 0. The number of fused-ring (bicyclic) bond motifs is 1. The van der Waals surface area contributed by atoms with Gasteiger partial charge in [-0.3, -0.25) is 0 Å². The van der Waals surface area contributed by atoms with Crippen LogP contribution >= 0.6 is 0 Å². The number of furan rings is 1. The van der Waals surface area contributed by atoms with Crippen LogP contribution < -0.4 is 0 Å². The Bertz CT molecular complexity index is 389. The lowest BCUT2D eigenvalue weighted by atomic mass is 10.2. The Balaban J connectivity index is 2.70. The van der Waals surface area contributed by atoms with Crippen LogP contribution in [0.15, 0.2) is 34.9 Å². The normalized spacial score (nSPS) is 11.2. The molecule has 0 saturated heterocycles. The molecule has 1 heterocycles. The molecule has 0 aliphatic carbocycles. The number of hydrogen-bond donors (Lipinski definition) is 2. The van der Waals surface area contributed by atoms with E-state index in [-0.39, 0.29) is 0 Å². The Morgan fingerprint density at radius 3 is 2.67 bits per heavy atom. The lowest BCUT2D eigenvalue weighted by molar-refractivity contribution is -0.0418. The summed E-state index contributed by atoms with van der Waals surface area (Å²) in [4.78, 5) is 0. The van der Waals surface area contributed by atoms with Crippen molar-refractivity contribution >= 4 is 11.0 Å². The van der Waals surface area contributed by atoms with Crippen LogP contribution in [0.25, 0.3) is 11.0 Å². The van der Waals surface area contributed by atoms with Gasteiger partial charge >= 0.3 is 0 Å². The van der Waals surface area contributed by atoms with Crippen LogP contribution in [0.4, 0.5) is 0 Å². The molecule has 2 rings (SSSR count). The molecule has 1 aromatic carbocycles. The first kappa shape index (κ1) is 7.34. The summed E-state index contributed by atoms with van der Waals surface area (Å²) in [5.74, 6) is 0. The van der Waals surface area contributed by atoms with E-state index in [9.17, 15) is 0 Å². The van der Waals surface area contributed by atoms with Gasteiger partial charge in [0.25, 0.3) is 0 Å². The van der Waals surface area contributed by atoms with E-state index in [1.165, 1.54) is 6.26 Å². The number of rotatable bonds is 1. The van der Waals surface area contributed by atoms with Gasteiger partial charge in [-0.25, -0.2) is 0 Å². The van der Waals surface area contributed by atoms with E-state index in [0.29, 0.717) is 11.1 Å². The zero-order valence-electron chi connectivity index (χ0n) is 6.27. The maximum Gasteiger partial charge on any atom is 0.182 e. The second-order valence-corrected chi connectivity index (χ2v) is 2.56. The fraction of sp³-hybridized carbons (Fsp3) is 0.111. The molecular formula is C9H8O3. The highest BCUT2D eigenvalue weighted by Gasteiger charge is 2.10. The summed E-state index contributed by atoms with van der Waals surface area (Å²) in [6.45, 7) is 0. The molecule has 0 fully saturated rings. The fourth-order valence-electron chi connectivity index (χ4n) is 1.20. The summed E-state index contributed by atoms with van der Waals surface area (Å²) in [5, 5.41) is 18.6. The Morgan fingerprint density at radius 2 is 1.92 bits per heavy atom. The zero-order valence-corrected chi connectivity index (χ0v) is 6.27. The fourth-order valence-corrected chi connectivity index (χ4v) is 1.20. The van der Waals surface area contributed by atoms with Gasteiger partial charge in [0.2, 0.25) is 0 Å². The number of hydrogen-bond acceptors (Lipinski definition) is 3. The third-order valence-electron chi connectivity index (χ3n) is 1.79. The van der Waals surface area contributed by atoms with E-state index >= 15 is 0 Å². The second-order valence-electron chi connectivity index (χ2n) is 2.56. The number of aliphatic hydroxyl groups excluding tert-OH is 1. The first-order valence-corrected chi connectivity index (χ1v) is 3.61. The molecule has 62 valence electrons. The van der Waals surface area contributed by atoms with Gasteiger partial charge < -0.3 is 14.6 Å². The molecule has 3 heteroatoms. The average Bonchev–Trinajstić information content (AvgIpc) is 2.47. The minimum absolute atomic E-state index is 0.408. The van der Waals surface area contributed by atoms with Crippen molar-refractivity contribution in [1.29, 1.82) is 0 Å². The van der Waals surface area contributed by atoms with E-state index in [0.717, 1.165) is 5.39 Å². The maximum atomic E-state index is 8.91. The van der Waals surface area contributed by atoms with Crippen LogP contribution in [0.3, 0.4) is 0 Å². The Hall–Kier alpha value is -1.32. The van der Waals surface area contributed by atoms with Crippen molar-refractivity contribution < 1.29 is 14.6 Å². The summed E-state index contributed by atoms with van der Waals surface area (Å²) in [6, 6.07) is 7.22. The highest BCUT2D eigenvalue weighted by molar-refractivity contribution is 5.80. The van der Waals surface area contributed by atoms with Gasteiger partial charge in [0, 0.05) is 5.39 Å². The predicted molar refractivity (Wildman–Crippen MR) is 43.4 cm³/mol. The quantitative estimate of drug-likeness (QED) is 0.626.